The van der Waals surface area contributed by atoms with Gasteiger partial charge >= 0.3 is 0 Å². The lowest BCUT2D eigenvalue weighted by Gasteiger charge is -2.29. The van der Waals surface area contributed by atoms with E-state index in [1.54, 1.807) is 0 Å². The van der Waals surface area contributed by atoms with Gasteiger partial charge in [-0.3, -0.25) is 0 Å². The minimum absolute atomic E-state index is 0.111. The van der Waals surface area contributed by atoms with Crippen LogP contribution in [0.1, 0.15) is 13.3 Å². The summed E-state index contributed by atoms with van der Waals surface area (Å²) < 4.78 is 5.35. The van der Waals surface area contributed by atoms with Crippen molar-refractivity contribution in [1.29, 1.82) is 0 Å². The van der Waals surface area contributed by atoms with Gasteiger partial charge in [0.05, 0.1) is 13.2 Å². The smallest absolute Gasteiger partial charge is 0.141 e. The first-order chi connectivity index (χ1) is 9.69. The minimum atomic E-state index is 0.111. The van der Waals surface area contributed by atoms with E-state index in [1.165, 1.54) is 5.69 Å². The van der Waals surface area contributed by atoms with Crippen LogP contribution >= 0.6 is 0 Å². The van der Waals surface area contributed by atoms with E-state index >= 15 is 0 Å². The van der Waals surface area contributed by atoms with Crippen LogP contribution in [0.3, 0.4) is 0 Å². The highest BCUT2D eigenvalue weighted by Crippen LogP contribution is 2.19. The van der Waals surface area contributed by atoms with Gasteiger partial charge in [0.25, 0.3) is 0 Å². The van der Waals surface area contributed by atoms with E-state index in [1.807, 2.05) is 19.1 Å². The normalized spacial score (nSPS) is 17.9. The molecule has 1 unspecified atom stereocenters. The molecule has 0 aliphatic carbocycles. The minimum Gasteiger partial charge on any atom is -0.409 e. The Morgan fingerprint density at radius 2 is 2.05 bits per heavy atom. The lowest BCUT2D eigenvalue weighted by Crippen LogP contribution is -2.36. The van der Waals surface area contributed by atoms with Gasteiger partial charge in [-0.15, -0.1) is 0 Å². The number of amidine groups is 1. The summed E-state index contributed by atoms with van der Waals surface area (Å²) in [6, 6.07) is 8.41. The molecule has 0 saturated carbocycles. The van der Waals surface area contributed by atoms with Crippen LogP contribution in [0.5, 0.6) is 0 Å². The maximum Gasteiger partial charge on any atom is 0.141 e. The number of nitrogens with two attached hydrogens (primary N) is 1. The molecular weight excluding hydrogens is 256 g/mol. The third kappa shape index (κ3) is 4.03. The summed E-state index contributed by atoms with van der Waals surface area (Å²) >= 11 is 0. The van der Waals surface area contributed by atoms with Crippen molar-refractivity contribution >= 4 is 17.2 Å². The zero-order chi connectivity index (χ0) is 14.4. The first-order valence-electron chi connectivity index (χ1n) is 6.84. The molecule has 20 heavy (non-hydrogen) atoms. The summed E-state index contributed by atoms with van der Waals surface area (Å²) in [6.45, 7) is 5.45. The first-order valence-corrected chi connectivity index (χ1v) is 6.84. The second-order valence-electron chi connectivity index (χ2n) is 4.99. The van der Waals surface area contributed by atoms with E-state index in [4.69, 9.17) is 15.7 Å². The standard InChI is InChI=1S/C14H22N4O2/c1-11(10-14(15)17-19)16-12-2-4-13(5-3-12)18-6-8-20-9-7-18/h2-5,11,16,19H,6-10H2,1H3,(H2,15,17). The van der Waals surface area contributed by atoms with Crippen molar-refractivity contribution in [2.45, 2.75) is 19.4 Å². The number of rotatable bonds is 5. The average molecular weight is 278 g/mol. The monoisotopic (exact) mass is 278 g/mol. The Balaban J connectivity index is 1.90. The van der Waals surface area contributed by atoms with Crippen molar-refractivity contribution in [3.05, 3.63) is 24.3 Å². The quantitative estimate of drug-likeness (QED) is 0.329. The lowest BCUT2D eigenvalue weighted by molar-refractivity contribution is 0.122. The second-order valence-corrected chi connectivity index (χ2v) is 4.99. The highest BCUT2D eigenvalue weighted by molar-refractivity contribution is 5.80. The average Bonchev–Trinajstić information content (AvgIpc) is 2.48. The fourth-order valence-electron chi connectivity index (χ4n) is 2.28. The number of benzene rings is 1. The molecule has 0 amide bonds. The number of hydrogen-bond donors (Lipinski definition) is 3. The first kappa shape index (κ1) is 14.5. The van der Waals surface area contributed by atoms with Crippen molar-refractivity contribution < 1.29 is 9.94 Å². The zero-order valence-corrected chi connectivity index (χ0v) is 11.7. The van der Waals surface area contributed by atoms with E-state index < -0.39 is 0 Å². The molecule has 1 atom stereocenters. The lowest BCUT2D eigenvalue weighted by atomic mass is 10.2. The Kier molecular flexibility index (Phi) is 5.06. The molecule has 110 valence electrons. The number of ether oxygens (including phenoxy) is 1. The summed E-state index contributed by atoms with van der Waals surface area (Å²) in [4.78, 5) is 2.31. The molecule has 4 N–H and O–H groups in total. The van der Waals surface area contributed by atoms with Crippen LogP contribution in [0.25, 0.3) is 0 Å². The van der Waals surface area contributed by atoms with Gasteiger partial charge in [-0.1, -0.05) is 5.16 Å². The van der Waals surface area contributed by atoms with E-state index in [0.29, 0.717) is 6.42 Å². The Bertz CT molecular complexity index is 441. The Hall–Kier alpha value is -1.95. The summed E-state index contributed by atoms with van der Waals surface area (Å²) in [5.74, 6) is 0.231. The van der Waals surface area contributed by atoms with E-state index in [0.717, 1.165) is 32.0 Å². The van der Waals surface area contributed by atoms with Crippen LogP contribution in [-0.2, 0) is 4.74 Å². The predicted molar refractivity (Wildman–Crippen MR) is 80.6 cm³/mol. The Labute approximate surface area is 119 Å². The van der Waals surface area contributed by atoms with Crippen molar-refractivity contribution in [2.24, 2.45) is 10.9 Å². The fourth-order valence-corrected chi connectivity index (χ4v) is 2.28. The molecule has 2 rings (SSSR count). The van der Waals surface area contributed by atoms with Gasteiger partial charge in [0.15, 0.2) is 0 Å². The van der Waals surface area contributed by atoms with Gasteiger partial charge in [-0.2, -0.15) is 0 Å². The number of hydrogen-bond acceptors (Lipinski definition) is 5. The summed E-state index contributed by atoms with van der Waals surface area (Å²) in [5, 5.41) is 14.9. The number of nitrogens with one attached hydrogen (secondary N) is 1. The summed E-state index contributed by atoms with van der Waals surface area (Å²) in [5.41, 5.74) is 7.73. The highest BCUT2D eigenvalue weighted by atomic mass is 16.5. The van der Waals surface area contributed by atoms with E-state index in [9.17, 15) is 0 Å². The van der Waals surface area contributed by atoms with E-state index in [-0.39, 0.29) is 11.9 Å². The molecule has 6 heteroatoms. The molecule has 1 saturated heterocycles. The van der Waals surface area contributed by atoms with Crippen molar-refractivity contribution in [1.82, 2.24) is 0 Å². The Morgan fingerprint density at radius 1 is 1.40 bits per heavy atom. The SMILES string of the molecule is CC(CC(N)=NO)Nc1ccc(N2CCOCC2)cc1. The van der Waals surface area contributed by atoms with Gasteiger partial charge in [-0.25, -0.2) is 0 Å². The largest absolute Gasteiger partial charge is 0.409 e. The maximum atomic E-state index is 8.55. The summed E-state index contributed by atoms with van der Waals surface area (Å²) in [7, 11) is 0. The van der Waals surface area contributed by atoms with Gasteiger partial charge in [0.1, 0.15) is 5.84 Å². The molecule has 0 bridgehead atoms. The molecule has 1 aromatic rings. The third-order valence-corrected chi connectivity index (χ3v) is 3.30. The molecule has 0 radical (unpaired) electrons. The van der Waals surface area contributed by atoms with Crippen molar-refractivity contribution in [2.75, 3.05) is 36.5 Å². The van der Waals surface area contributed by atoms with Gasteiger partial charge < -0.3 is 25.9 Å². The molecule has 1 fully saturated rings. The van der Waals surface area contributed by atoms with Crippen molar-refractivity contribution in [3.63, 3.8) is 0 Å². The van der Waals surface area contributed by atoms with Crippen LogP contribution < -0.4 is 16.0 Å². The second kappa shape index (κ2) is 7.00. The van der Waals surface area contributed by atoms with Crippen LogP contribution in [0.2, 0.25) is 0 Å². The number of nitrogens with zero attached hydrogens (tertiary/aromatic N) is 2. The molecule has 0 aromatic heterocycles. The topological polar surface area (TPSA) is 83.1 Å². The fraction of sp³-hybridized carbons (Fsp3) is 0.500. The van der Waals surface area contributed by atoms with Gasteiger partial charge in [0.2, 0.25) is 0 Å². The predicted octanol–water partition coefficient (Wildman–Crippen LogP) is 1.46. The maximum absolute atomic E-state index is 8.55. The van der Waals surface area contributed by atoms with Crippen LogP contribution in [0, 0.1) is 0 Å². The number of oxime groups is 1. The molecule has 0 spiro atoms. The van der Waals surface area contributed by atoms with Gasteiger partial charge in [-0.05, 0) is 31.2 Å². The molecule has 1 aromatic carbocycles. The van der Waals surface area contributed by atoms with E-state index in [2.05, 4.69) is 27.5 Å². The number of anilines is 2. The molecule has 6 nitrogen and oxygen atoms in total. The highest BCUT2D eigenvalue weighted by Gasteiger charge is 2.11. The molecule has 1 heterocycles. The van der Waals surface area contributed by atoms with Crippen LogP contribution in [-0.4, -0.2) is 43.4 Å². The van der Waals surface area contributed by atoms with Gasteiger partial charge in [0, 0.05) is 36.9 Å². The summed E-state index contributed by atoms with van der Waals surface area (Å²) in [6.07, 6.45) is 0.502. The molecular formula is C14H22N4O2. The van der Waals surface area contributed by atoms with Crippen molar-refractivity contribution in [3.8, 4) is 0 Å². The Morgan fingerprint density at radius 3 is 2.65 bits per heavy atom. The molecule has 1 aliphatic heterocycles. The van der Waals surface area contributed by atoms with Crippen LogP contribution in [0.15, 0.2) is 29.4 Å². The number of morpholine rings is 1. The zero-order valence-electron chi connectivity index (χ0n) is 11.7. The third-order valence-electron chi connectivity index (χ3n) is 3.30. The molecule has 1 aliphatic rings. The van der Waals surface area contributed by atoms with Crippen LogP contribution in [0.4, 0.5) is 11.4 Å².